The van der Waals surface area contributed by atoms with Gasteiger partial charge in [0.2, 0.25) is 9.84 Å². The number of rotatable bonds is 3. The number of benzene rings is 2. The average Bonchev–Trinajstić information content (AvgIpc) is 2.60. The SMILES string of the molecule is Cc1ccc(NC(=O)OC(C)(C)C)c(S(=O)(=O)c2cccc(C#CCO)c2)c1. The molecule has 0 aliphatic heterocycles. The van der Waals surface area contributed by atoms with Gasteiger partial charge in [-0.2, -0.15) is 0 Å². The molecule has 0 spiro atoms. The van der Waals surface area contributed by atoms with E-state index in [0.717, 1.165) is 5.56 Å². The molecule has 7 heteroatoms. The molecule has 2 aromatic rings. The molecule has 28 heavy (non-hydrogen) atoms. The molecule has 0 aliphatic carbocycles. The summed E-state index contributed by atoms with van der Waals surface area (Å²) in [5, 5.41) is 11.3. The molecular weight excluding hydrogens is 378 g/mol. The number of aliphatic hydroxyl groups excluding tert-OH is 1. The van der Waals surface area contributed by atoms with Gasteiger partial charge in [-0.3, -0.25) is 5.32 Å². The highest BCUT2D eigenvalue weighted by Gasteiger charge is 2.24. The van der Waals surface area contributed by atoms with Gasteiger partial charge in [0.25, 0.3) is 0 Å². The smallest absolute Gasteiger partial charge is 0.412 e. The third-order valence-electron chi connectivity index (χ3n) is 3.52. The summed E-state index contributed by atoms with van der Waals surface area (Å²) in [6.07, 6.45) is -0.740. The molecule has 1 amide bonds. The number of hydrogen-bond donors (Lipinski definition) is 2. The molecule has 0 saturated carbocycles. The third-order valence-corrected chi connectivity index (χ3v) is 5.31. The lowest BCUT2D eigenvalue weighted by Crippen LogP contribution is -2.27. The lowest BCUT2D eigenvalue weighted by atomic mass is 10.2. The van der Waals surface area contributed by atoms with E-state index in [-0.39, 0.29) is 22.1 Å². The van der Waals surface area contributed by atoms with E-state index in [2.05, 4.69) is 17.2 Å². The molecular formula is C21H23NO5S. The Balaban J connectivity index is 2.48. The van der Waals surface area contributed by atoms with E-state index in [1.807, 2.05) is 0 Å². The maximum absolute atomic E-state index is 13.2. The van der Waals surface area contributed by atoms with Gasteiger partial charge in [0, 0.05) is 5.56 Å². The second-order valence-electron chi connectivity index (χ2n) is 7.12. The van der Waals surface area contributed by atoms with Gasteiger partial charge in [0.15, 0.2) is 0 Å². The van der Waals surface area contributed by atoms with Crippen molar-refractivity contribution in [2.75, 3.05) is 11.9 Å². The van der Waals surface area contributed by atoms with Gasteiger partial charge < -0.3 is 9.84 Å². The van der Waals surface area contributed by atoms with Crippen LogP contribution in [0.25, 0.3) is 0 Å². The first-order chi connectivity index (χ1) is 13.0. The van der Waals surface area contributed by atoms with Gasteiger partial charge in [-0.15, -0.1) is 0 Å². The van der Waals surface area contributed by atoms with E-state index < -0.39 is 21.5 Å². The zero-order valence-electron chi connectivity index (χ0n) is 16.2. The van der Waals surface area contributed by atoms with Crippen molar-refractivity contribution in [2.45, 2.75) is 43.1 Å². The maximum atomic E-state index is 13.2. The Kier molecular flexibility index (Phi) is 6.49. The molecule has 2 aromatic carbocycles. The fourth-order valence-electron chi connectivity index (χ4n) is 2.38. The molecule has 0 radical (unpaired) electrons. The predicted octanol–water partition coefficient (Wildman–Crippen LogP) is 3.52. The summed E-state index contributed by atoms with van der Waals surface area (Å²) in [5.74, 6) is 5.18. The number of aryl methyl sites for hydroxylation is 1. The molecule has 0 unspecified atom stereocenters. The zero-order valence-corrected chi connectivity index (χ0v) is 17.1. The Labute approximate surface area is 165 Å². The summed E-state index contributed by atoms with van der Waals surface area (Å²) in [6.45, 7) is 6.60. The van der Waals surface area contributed by atoms with Gasteiger partial charge in [-0.1, -0.05) is 24.0 Å². The first kappa shape index (κ1) is 21.5. The largest absolute Gasteiger partial charge is 0.444 e. The molecule has 0 saturated heterocycles. The van der Waals surface area contributed by atoms with Crippen LogP contribution in [0.5, 0.6) is 0 Å². The minimum absolute atomic E-state index is 0.0365. The minimum Gasteiger partial charge on any atom is -0.444 e. The number of anilines is 1. The quantitative estimate of drug-likeness (QED) is 0.768. The van der Waals surface area contributed by atoms with Crippen LogP contribution in [0.3, 0.4) is 0 Å². The summed E-state index contributed by atoms with van der Waals surface area (Å²) in [4.78, 5) is 12.1. The second kappa shape index (κ2) is 8.46. The molecule has 2 N–H and O–H groups in total. The van der Waals surface area contributed by atoms with E-state index in [1.54, 1.807) is 45.9 Å². The van der Waals surface area contributed by atoms with Crippen LogP contribution in [0.15, 0.2) is 52.3 Å². The van der Waals surface area contributed by atoms with Crippen LogP contribution in [-0.4, -0.2) is 31.8 Å². The van der Waals surface area contributed by atoms with Gasteiger partial charge in [0.1, 0.15) is 12.2 Å². The minimum atomic E-state index is -3.93. The number of nitrogens with one attached hydrogen (secondary N) is 1. The van der Waals surface area contributed by atoms with Crippen molar-refractivity contribution in [3.63, 3.8) is 0 Å². The Morgan fingerprint density at radius 2 is 1.89 bits per heavy atom. The van der Waals surface area contributed by atoms with Crippen molar-refractivity contribution < 1.29 is 23.1 Å². The number of carbonyl (C=O) groups excluding carboxylic acids is 1. The van der Waals surface area contributed by atoms with E-state index in [0.29, 0.717) is 5.56 Å². The molecule has 148 valence electrons. The number of sulfone groups is 1. The number of ether oxygens (including phenoxy) is 1. The number of amides is 1. The summed E-state index contributed by atoms with van der Waals surface area (Å²) in [7, 11) is -3.93. The predicted molar refractivity (Wildman–Crippen MR) is 107 cm³/mol. The Morgan fingerprint density at radius 1 is 1.18 bits per heavy atom. The van der Waals surface area contributed by atoms with Gasteiger partial charge >= 0.3 is 6.09 Å². The number of hydrogen-bond acceptors (Lipinski definition) is 5. The fraction of sp³-hybridized carbons (Fsp3) is 0.286. The van der Waals surface area contributed by atoms with Crippen LogP contribution in [0, 0.1) is 18.8 Å². The van der Waals surface area contributed by atoms with Crippen LogP contribution in [-0.2, 0) is 14.6 Å². The normalized spacial score (nSPS) is 11.3. The van der Waals surface area contributed by atoms with Crippen molar-refractivity contribution in [1.29, 1.82) is 0 Å². The highest BCUT2D eigenvalue weighted by molar-refractivity contribution is 7.91. The van der Waals surface area contributed by atoms with Gasteiger partial charge in [0.05, 0.1) is 15.5 Å². The first-order valence-corrected chi connectivity index (χ1v) is 10.1. The Hall–Kier alpha value is -2.82. The van der Waals surface area contributed by atoms with Crippen molar-refractivity contribution in [2.24, 2.45) is 0 Å². The van der Waals surface area contributed by atoms with E-state index in [1.165, 1.54) is 24.3 Å². The first-order valence-electron chi connectivity index (χ1n) is 8.58. The third kappa shape index (κ3) is 5.59. The summed E-state index contributed by atoms with van der Waals surface area (Å²) in [5.41, 5.74) is 0.605. The zero-order chi connectivity index (χ0) is 20.9. The van der Waals surface area contributed by atoms with Crippen LogP contribution >= 0.6 is 0 Å². The summed E-state index contributed by atoms with van der Waals surface area (Å²) >= 11 is 0. The van der Waals surface area contributed by atoms with Gasteiger partial charge in [-0.25, -0.2) is 13.2 Å². The Morgan fingerprint density at radius 3 is 2.54 bits per heavy atom. The molecule has 0 aromatic heterocycles. The van der Waals surface area contributed by atoms with Crippen molar-refractivity contribution in [3.8, 4) is 11.8 Å². The highest BCUT2D eigenvalue weighted by Crippen LogP contribution is 2.29. The molecule has 0 aliphatic rings. The Bertz CT molecular complexity index is 1040. The standard InChI is InChI=1S/C21H23NO5S/c1-15-10-11-18(22-20(24)27-21(2,3)4)19(13-15)28(25,26)17-9-5-7-16(14-17)8-6-12-23/h5,7,9-11,13-14,23H,12H2,1-4H3,(H,22,24). The van der Waals surface area contributed by atoms with Crippen molar-refractivity contribution in [1.82, 2.24) is 0 Å². The van der Waals surface area contributed by atoms with Crippen LogP contribution < -0.4 is 5.32 Å². The van der Waals surface area contributed by atoms with Crippen LogP contribution in [0.1, 0.15) is 31.9 Å². The molecule has 0 heterocycles. The van der Waals surface area contributed by atoms with Crippen LogP contribution in [0.4, 0.5) is 10.5 Å². The molecule has 6 nitrogen and oxygen atoms in total. The number of carbonyl (C=O) groups is 1. The molecule has 2 rings (SSSR count). The van der Waals surface area contributed by atoms with Crippen LogP contribution in [0.2, 0.25) is 0 Å². The average molecular weight is 401 g/mol. The lowest BCUT2D eigenvalue weighted by Gasteiger charge is -2.20. The van der Waals surface area contributed by atoms with E-state index in [4.69, 9.17) is 9.84 Å². The van der Waals surface area contributed by atoms with E-state index >= 15 is 0 Å². The fourth-order valence-corrected chi connectivity index (χ4v) is 3.92. The summed E-state index contributed by atoms with van der Waals surface area (Å²) < 4.78 is 31.6. The van der Waals surface area contributed by atoms with Crippen molar-refractivity contribution in [3.05, 3.63) is 53.6 Å². The maximum Gasteiger partial charge on any atom is 0.412 e. The molecule has 0 atom stereocenters. The van der Waals surface area contributed by atoms with Gasteiger partial charge in [-0.05, 0) is 63.6 Å². The molecule has 0 bridgehead atoms. The van der Waals surface area contributed by atoms with E-state index in [9.17, 15) is 13.2 Å². The molecule has 0 fully saturated rings. The summed E-state index contributed by atoms with van der Waals surface area (Å²) in [6, 6.07) is 10.8. The second-order valence-corrected chi connectivity index (χ2v) is 9.04. The monoisotopic (exact) mass is 401 g/mol. The number of aliphatic hydroxyl groups is 1. The van der Waals surface area contributed by atoms with Crippen molar-refractivity contribution >= 4 is 21.6 Å². The topological polar surface area (TPSA) is 92.7 Å². The highest BCUT2D eigenvalue weighted by atomic mass is 32.2. The lowest BCUT2D eigenvalue weighted by molar-refractivity contribution is 0.0635.